The number of carboxylic acid groups (broad SMARTS) is 1. The summed E-state index contributed by atoms with van der Waals surface area (Å²) >= 11 is 0. The molecule has 0 spiro atoms. The summed E-state index contributed by atoms with van der Waals surface area (Å²) in [4.78, 5) is 9.00. The molecule has 0 amide bonds. The molecule has 0 saturated heterocycles. The van der Waals surface area contributed by atoms with Gasteiger partial charge in [-0.05, 0) is 0 Å². The van der Waals surface area contributed by atoms with Crippen LogP contribution in [0.15, 0.2) is 0 Å². The van der Waals surface area contributed by atoms with Crippen molar-refractivity contribution in [2.24, 2.45) is 0 Å². The van der Waals surface area contributed by atoms with Crippen LogP contribution in [-0.2, 0) is 4.79 Å². The van der Waals surface area contributed by atoms with Crippen molar-refractivity contribution in [1.29, 1.82) is 0 Å². The molecule has 46 valence electrons. The van der Waals surface area contributed by atoms with Gasteiger partial charge in [-0.25, -0.2) is 0 Å². The van der Waals surface area contributed by atoms with E-state index in [4.69, 9.17) is 9.90 Å². The monoisotopic (exact) mass is 168 g/mol. The molecular formula is C2H11Na3O4. The van der Waals surface area contributed by atoms with Crippen molar-refractivity contribution in [2.75, 3.05) is 0 Å². The van der Waals surface area contributed by atoms with E-state index in [2.05, 4.69) is 0 Å². The molecule has 0 fully saturated rings. The van der Waals surface area contributed by atoms with Gasteiger partial charge in [-0.15, -0.1) is 0 Å². The Bertz CT molecular complexity index is 36.8. The molecule has 7 heteroatoms. The normalized spacial score (nSPS) is 2.78. The fourth-order valence-electron chi connectivity index (χ4n) is 0. The quantitative estimate of drug-likeness (QED) is 0.379. The number of hydrogen-bond donors (Lipinski definition) is 1. The van der Waals surface area contributed by atoms with Crippen LogP contribution in [0.25, 0.3) is 0 Å². The number of hydrogen-bond acceptors (Lipinski definition) is 1. The molecule has 0 radical (unpaired) electrons. The van der Waals surface area contributed by atoms with E-state index in [1.54, 1.807) is 0 Å². The Kier molecular flexibility index (Phi) is 148. The van der Waals surface area contributed by atoms with E-state index < -0.39 is 5.97 Å². The van der Waals surface area contributed by atoms with Gasteiger partial charge in [-0.2, -0.15) is 0 Å². The summed E-state index contributed by atoms with van der Waals surface area (Å²) < 4.78 is 0. The van der Waals surface area contributed by atoms with Gasteiger partial charge < -0.3 is 16.1 Å². The molecule has 0 atom stereocenters. The average molecular weight is 168 g/mol. The molecule has 0 aliphatic carbocycles. The average Bonchev–Trinajstić information content (AvgIpc) is 0.811. The zero-order chi connectivity index (χ0) is 3.58. The third-order valence-corrected chi connectivity index (χ3v) is 0. The Labute approximate surface area is 120 Å². The summed E-state index contributed by atoms with van der Waals surface area (Å²) in [6, 6.07) is 0. The van der Waals surface area contributed by atoms with Crippen molar-refractivity contribution in [1.82, 2.24) is 0 Å². The van der Waals surface area contributed by atoms with Gasteiger partial charge in [0.05, 0.1) is 0 Å². The van der Waals surface area contributed by atoms with E-state index >= 15 is 0 Å². The van der Waals surface area contributed by atoms with E-state index in [9.17, 15) is 0 Å². The Morgan fingerprint density at radius 2 is 1.11 bits per heavy atom. The molecule has 0 aromatic carbocycles. The second-order valence-electron chi connectivity index (χ2n) is 0.519. The molecule has 0 aliphatic heterocycles. The maximum absolute atomic E-state index is 9.00. The number of carbonyl (C=O) groups is 1. The molecular weight excluding hydrogens is 157 g/mol. The van der Waals surface area contributed by atoms with Crippen LogP contribution in [0, 0.1) is 0 Å². The zero-order valence-corrected chi connectivity index (χ0v) is 3.36. The van der Waals surface area contributed by atoms with Crippen LogP contribution in [0.4, 0.5) is 0 Å². The summed E-state index contributed by atoms with van der Waals surface area (Å²) in [5.41, 5.74) is 0. The molecule has 0 bridgehead atoms. The summed E-state index contributed by atoms with van der Waals surface area (Å²) in [5, 5.41) is 7.42. The summed E-state index contributed by atoms with van der Waals surface area (Å²) in [6.45, 7) is 1.08. The fourth-order valence-corrected chi connectivity index (χ4v) is 0. The second kappa shape index (κ2) is 31.5. The van der Waals surface area contributed by atoms with Crippen molar-refractivity contribution in [3.8, 4) is 0 Å². The van der Waals surface area contributed by atoms with E-state index in [0.717, 1.165) is 6.92 Å². The van der Waals surface area contributed by atoms with Crippen molar-refractivity contribution in [3.05, 3.63) is 0 Å². The molecule has 4 nitrogen and oxygen atoms in total. The first-order valence-electron chi connectivity index (χ1n) is 0.928. The van der Waals surface area contributed by atoms with Crippen LogP contribution >= 0.6 is 0 Å². The van der Waals surface area contributed by atoms with E-state index in [-0.39, 0.29) is 99.6 Å². The van der Waals surface area contributed by atoms with Gasteiger partial charge in [-0.3, -0.25) is 4.79 Å². The first-order chi connectivity index (χ1) is 1.73. The predicted molar refractivity (Wildman–Crippen MR) is 42.0 cm³/mol. The molecule has 0 unspecified atom stereocenters. The van der Waals surface area contributed by atoms with Crippen molar-refractivity contribution in [2.45, 2.75) is 6.92 Å². The molecule has 0 heterocycles. The van der Waals surface area contributed by atoms with Crippen LogP contribution in [-0.4, -0.2) is 111 Å². The Morgan fingerprint density at radius 1 is 1.11 bits per heavy atom. The van der Waals surface area contributed by atoms with Gasteiger partial charge >= 0.3 is 88.7 Å². The molecule has 0 aromatic heterocycles. The molecule has 5 N–H and O–H groups in total. The van der Waals surface area contributed by atoms with Gasteiger partial charge in [-0.1, -0.05) is 0 Å². The van der Waals surface area contributed by atoms with Crippen LogP contribution in [0.2, 0.25) is 0 Å². The fraction of sp³-hybridized carbons (Fsp3) is 0.500. The van der Waals surface area contributed by atoms with Crippen LogP contribution in [0.3, 0.4) is 0 Å². The topological polar surface area (TPSA) is 100 Å². The van der Waals surface area contributed by atoms with Gasteiger partial charge in [0.2, 0.25) is 0 Å². The van der Waals surface area contributed by atoms with E-state index in [0.29, 0.717) is 0 Å². The van der Waals surface area contributed by atoms with Gasteiger partial charge in [0, 0.05) is 6.92 Å². The molecule has 0 aromatic rings. The van der Waals surface area contributed by atoms with Crippen LogP contribution in [0.5, 0.6) is 0 Å². The van der Waals surface area contributed by atoms with Crippen molar-refractivity contribution in [3.63, 3.8) is 0 Å². The number of carboxylic acids is 1. The summed E-state index contributed by atoms with van der Waals surface area (Å²) in [6.07, 6.45) is 0. The van der Waals surface area contributed by atoms with Crippen molar-refractivity contribution >= 4 is 94.6 Å². The molecule has 9 heavy (non-hydrogen) atoms. The summed E-state index contributed by atoms with van der Waals surface area (Å²) in [5.74, 6) is -0.833. The molecule has 0 rings (SSSR count). The van der Waals surface area contributed by atoms with E-state index in [1.165, 1.54) is 0 Å². The van der Waals surface area contributed by atoms with Gasteiger partial charge in [0.1, 0.15) is 0 Å². The molecule has 0 saturated carbocycles. The van der Waals surface area contributed by atoms with Crippen LogP contribution in [0.1, 0.15) is 6.92 Å². The Morgan fingerprint density at radius 3 is 1.11 bits per heavy atom. The minimum absolute atomic E-state index is 0. The zero-order valence-electron chi connectivity index (χ0n) is 3.36. The van der Waals surface area contributed by atoms with E-state index in [1.807, 2.05) is 0 Å². The Hall–Kier alpha value is 2.39. The van der Waals surface area contributed by atoms with Gasteiger partial charge in [0.15, 0.2) is 0 Å². The first kappa shape index (κ1) is 42.3. The first-order valence-corrected chi connectivity index (χ1v) is 0.928. The number of aliphatic carboxylic acids is 1. The maximum atomic E-state index is 9.00. The minimum atomic E-state index is -0.833. The third-order valence-electron chi connectivity index (χ3n) is 0. The molecule has 0 aliphatic rings. The van der Waals surface area contributed by atoms with Crippen LogP contribution < -0.4 is 0 Å². The SMILES string of the molecule is CC(=O)O.O.O.[NaH].[NaH].[NaH]. The second-order valence-corrected chi connectivity index (χ2v) is 0.519. The number of rotatable bonds is 0. The summed E-state index contributed by atoms with van der Waals surface area (Å²) in [7, 11) is 0. The standard InChI is InChI=1S/C2H4O2.3Na.2H2O.3H/c1-2(3)4;;;;;;;;/h1H3,(H,3,4);;;;2*1H2;;;. The van der Waals surface area contributed by atoms with Gasteiger partial charge in [0.25, 0.3) is 5.97 Å². The third kappa shape index (κ3) is 128. The van der Waals surface area contributed by atoms with Crippen molar-refractivity contribution < 1.29 is 20.9 Å². The Balaban J connectivity index is -0.00000000450. The predicted octanol–water partition coefficient (Wildman–Crippen LogP) is -3.50.